The van der Waals surface area contributed by atoms with Crippen LogP contribution in [0.15, 0.2) is 5.22 Å². The number of hydrogen-bond acceptors (Lipinski definition) is 3. The maximum absolute atomic E-state index is 10.9. The first-order valence-electron chi connectivity index (χ1n) is 4.22. The standard InChI is InChI=1S/C7H13N3O2/c1-2-3-4-5-6-7(11)8-9-10(6)12/h6H,2-5H2,1H3,(H,8,11). The summed E-state index contributed by atoms with van der Waals surface area (Å²) in [6.07, 6.45) is 3.65. The highest BCUT2D eigenvalue weighted by molar-refractivity contribution is 5.80. The largest absolute Gasteiger partial charge is 0.695 e. The van der Waals surface area contributed by atoms with Gasteiger partial charge in [0.25, 0.3) is 0 Å². The van der Waals surface area contributed by atoms with Crippen molar-refractivity contribution in [2.45, 2.75) is 38.6 Å². The van der Waals surface area contributed by atoms with Gasteiger partial charge in [-0.2, -0.15) is 4.86 Å². The molecule has 0 aromatic carbocycles. The molecular weight excluding hydrogens is 158 g/mol. The van der Waals surface area contributed by atoms with Gasteiger partial charge in [-0.1, -0.05) is 19.8 Å². The number of carbonyl (C=O) groups excluding carboxylic acids is 1. The molecular formula is C7H13N3O2. The van der Waals surface area contributed by atoms with Crippen LogP contribution in [0.1, 0.15) is 32.6 Å². The number of amides is 1. The molecule has 1 atom stereocenters. The van der Waals surface area contributed by atoms with Gasteiger partial charge in [-0.15, -0.1) is 5.43 Å². The summed E-state index contributed by atoms with van der Waals surface area (Å²) in [5.74, 6) is -0.277. The zero-order chi connectivity index (χ0) is 8.97. The first kappa shape index (κ1) is 8.96. The van der Waals surface area contributed by atoms with Crippen LogP contribution in [-0.4, -0.2) is 16.8 Å². The molecule has 1 unspecified atom stereocenters. The predicted molar refractivity (Wildman–Crippen MR) is 42.1 cm³/mol. The van der Waals surface area contributed by atoms with Crippen molar-refractivity contribution in [1.82, 2.24) is 5.43 Å². The third-order valence-electron chi connectivity index (χ3n) is 1.91. The highest BCUT2D eigenvalue weighted by Crippen LogP contribution is 2.09. The number of hydroxylamine groups is 1. The number of carbonyl (C=O) groups is 1. The normalized spacial score (nSPS) is 22.2. The van der Waals surface area contributed by atoms with E-state index >= 15 is 0 Å². The van der Waals surface area contributed by atoms with Crippen LogP contribution < -0.4 is 5.43 Å². The first-order valence-corrected chi connectivity index (χ1v) is 4.22. The molecule has 5 heteroatoms. The van der Waals surface area contributed by atoms with Gasteiger partial charge in [-0.25, -0.2) is 4.79 Å². The monoisotopic (exact) mass is 171 g/mol. The number of nitrogens with zero attached hydrogens (tertiary/aromatic N) is 2. The van der Waals surface area contributed by atoms with E-state index in [4.69, 9.17) is 0 Å². The SMILES string of the molecule is CCCCCC1C(=O)NN=[N+]1[O-]. The van der Waals surface area contributed by atoms with Crippen molar-refractivity contribution in [1.29, 1.82) is 0 Å². The van der Waals surface area contributed by atoms with E-state index in [-0.39, 0.29) is 5.91 Å². The molecule has 1 heterocycles. The lowest BCUT2D eigenvalue weighted by molar-refractivity contribution is -0.546. The fourth-order valence-electron chi connectivity index (χ4n) is 1.17. The molecule has 1 rings (SSSR count). The third-order valence-corrected chi connectivity index (χ3v) is 1.91. The van der Waals surface area contributed by atoms with Gasteiger partial charge in [0.1, 0.15) is 0 Å². The van der Waals surface area contributed by atoms with Crippen molar-refractivity contribution in [3.63, 3.8) is 0 Å². The number of nitrogens with one attached hydrogen (secondary N) is 1. The summed E-state index contributed by atoms with van der Waals surface area (Å²) >= 11 is 0. The summed E-state index contributed by atoms with van der Waals surface area (Å²) in [5, 5.41) is 14.1. The minimum absolute atomic E-state index is 0.277. The van der Waals surface area contributed by atoms with E-state index in [1.165, 1.54) is 0 Å². The van der Waals surface area contributed by atoms with Gasteiger partial charge in [-0.05, 0) is 6.42 Å². The Labute approximate surface area is 71.0 Å². The predicted octanol–water partition coefficient (Wildman–Crippen LogP) is 0.943. The highest BCUT2D eigenvalue weighted by Gasteiger charge is 2.31. The summed E-state index contributed by atoms with van der Waals surface area (Å²) in [6, 6.07) is -0.587. The smallest absolute Gasteiger partial charge is 0.374 e. The Morgan fingerprint density at radius 3 is 2.92 bits per heavy atom. The Bertz CT molecular complexity index is 203. The highest BCUT2D eigenvalue weighted by atomic mass is 16.5. The van der Waals surface area contributed by atoms with Gasteiger partial charge in [0.2, 0.25) is 6.04 Å². The molecule has 0 radical (unpaired) electrons. The van der Waals surface area contributed by atoms with Crippen molar-refractivity contribution >= 4 is 5.91 Å². The van der Waals surface area contributed by atoms with Crippen LogP contribution in [0.5, 0.6) is 0 Å². The number of rotatable bonds is 4. The molecule has 0 bridgehead atoms. The van der Waals surface area contributed by atoms with Crippen LogP contribution in [0.3, 0.4) is 0 Å². The van der Waals surface area contributed by atoms with Gasteiger partial charge in [0.05, 0.1) is 5.22 Å². The Morgan fingerprint density at radius 1 is 1.67 bits per heavy atom. The zero-order valence-corrected chi connectivity index (χ0v) is 7.12. The van der Waals surface area contributed by atoms with E-state index in [0.717, 1.165) is 19.3 Å². The topological polar surface area (TPSA) is 67.5 Å². The van der Waals surface area contributed by atoms with E-state index in [1.807, 2.05) is 0 Å². The van der Waals surface area contributed by atoms with E-state index in [0.29, 0.717) is 11.3 Å². The third kappa shape index (κ3) is 1.93. The van der Waals surface area contributed by atoms with E-state index in [2.05, 4.69) is 17.6 Å². The zero-order valence-electron chi connectivity index (χ0n) is 7.12. The average Bonchev–Trinajstić information content (AvgIpc) is 2.35. The Hall–Kier alpha value is -1.13. The van der Waals surface area contributed by atoms with Crippen LogP contribution in [0, 0.1) is 5.21 Å². The maximum Gasteiger partial charge on any atom is 0.374 e. The van der Waals surface area contributed by atoms with Crippen LogP contribution in [0.25, 0.3) is 0 Å². The minimum Gasteiger partial charge on any atom is -0.695 e. The molecule has 68 valence electrons. The summed E-state index contributed by atoms with van der Waals surface area (Å²) in [7, 11) is 0. The molecule has 0 saturated carbocycles. The van der Waals surface area contributed by atoms with E-state index < -0.39 is 6.04 Å². The maximum atomic E-state index is 10.9. The van der Waals surface area contributed by atoms with Crippen molar-refractivity contribution < 1.29 is 9.66 Å². The second kappa shape index (κ2) is 4.04. The molecule has 0 spiro atoms. The fourth-order valence-corrected chi connectivity index (χ4v) is 1.17. The molecule has 0 fully saturated rings. The van der Waals surface area contributed by atoms with Crippen LogP contribution in [0.4, 0.5) is 0 Å². The summed E-state index contributed by atoms with van der Waals surface area (Å²) < 4.78 is 0. The molecule has 0 aromatic heterocycles. The molecule has 0 aromatic rings. The van der Waals surface area contributed by atoms with Crippen molar-refractivity contribution in [3.05, 3.63) is 5.21 Å². The van der Waals surface area contributed by atoms with Gasteiger partial charge in [-0.3, -0.25) is 0 Å². The summed E-state index contributed by atoms with van der Waals surface area (Å²) in [4.78, 5) is 11.4. The van der Waals surface area contributed by atoms with Gasteiger partial charge in [0.15, 0.2) is 0 Å². The van der Waals surface area contributed by atoms with E-state index in [1.54, 1.807) is 0 Å². The Kier molecular flexibility index (Phi) is 3.01. The summed E-state index contributed by atoms with van der Waals surface area (Å²) in [6.45, 7) is 2.08. The second-order valence-electron chi connectivity index (χ2n) is 2.89. The molecule has 12 heavy (non-hydrogen) atoms. The lowest BCUT2D eigenvalue weighted by Crippen LogP contribution is -2.28. The second-order valence-corrected chi connectivity index (χ2v) is 2.89. The lowest BCUT2D eigenvalue weighted by Gasteiger charge is -2.07. The fraction of sp³-hybridized carbons (Fsp3) is 0.857. The molecule has 0 aliphatic carbocycles. The van der Waals surface area contributed by atoms with E-state index in [9.17, 15) is 10.0 Å². The quantitative estimate of drug-likeness (QED) is 0.388. The van der Waals surface area contributed by atoms with Gasteiger partial charge < -0.3 is 5.21 Å². The first-order chi connectivity index (χ1) is 5.75. The van der Waals surface area contributed by atoms with Gasteiger partial charge >= 0.3 is 5.91 Å². The molecule has 1 amide bonds. The molecule has 1 N–H and O–H groups in total. The average molecular weight is 171 g/mol. The number of hydrogen-bond donors (Lipinski definition) is 1. The minimum atomic E-state index is -0.587. The van der Waals surface area contributed by atoms with Crippen LogP contribution >= 0.6 is 0 Å². The van der Waals surface area contributed by atoms with Crippen molar-refractivity contribution in [2.24, 2.45) is 5.22 Å². The molecule has 5 nitrogen and oxygen atoms in total. The Morgan fingerprint density at radius 2 is 2.42 bits per heavy atom. The van der Waals surface area contributed by atoms with Crippen LogP contribution in [-0.2, 0) is 4.79 Å². The lowest BCUT2D eigenvalue weighted by atomic mass is 10.1. The summed E-state index contributed by atoms with van der Waals surface area (Å²) in [5.41, 5.74) is 2.15. The number of unbranched alkanes of at least 4 members (excludes halogenated alkanes) is 2. The molecule has 1 aliphatic rings. The Balaban J connectivity index is 2.31. The van der Waals surface area contributed by atoms with Gasteiger partial charge in [0, 0.05) is 6.42 Å². The molecule has 1 aliphatic heterocycles. The molecule has 0 saturated heterocycles. The van der Waals surface area contributed by atoms with Crippen molar-refractivity contribution in [2.75, 3.05) is 0 Å². The van der Waals surface area contributed by atoms with Crippen molar-refractivity contribution in [3.8, 4) is 0 Å². The van der Waals surface area contributed by atoms with Crippen LogP contribution in [0.2, 0.25) is 0 Å².